The Morgan fingerprint density at radius 3 is 1.14 bits per heavy atom. The number of nitrogens with zero attached hydrogens (tertiary/aromatic N) is 1. The summed E-state index contributed by atoms with van der Waals surface area (Å²) in [6.45, 7) is 6.77. The maximum absolute atomic E-state index is 13.6. The average molecular weight is 1200 g/mol. The molecule has 0 aromatic rings. The highest BCUT2D eigenvalue weighted by Crippen LogP contribution is 2.38. The Hall–Kier alpha value is -2.55. The minimum Gasteiger partial charge on any atom is -0.756 e. The zero-order chi connectivity index (χ0) is 61.4. The van der Waals surface area contributed by atoms with E-state index in [0.717, 1.165) is 103 Å². The Balaban J connectivity index is 5.07. The highest BCUT2D eigenvalue weighted by Gasteiger charge is 2.27. The minimum absolute atomic E-state index is 0.0234. The maximum Gasteiger partial charge on any atom is 0.306 e. The topological polar surface area (TPSA) is 114 Å². The third kappa shape index (κ3) is 63.9. The van der Waals surface area contributed by atoms with E-state index >= 15 is 0 Å². The van der Waals surface area contributed by atoms with Gasteiger partial charge in [0.2, 0.25) is 5.91 Å². The van der Waals surface area contributed by atoms with Gasteiger partial charge in [0.15, 0.2) is 0 Å². The number of nitrogens with one attached hydrogen (secondary N) is 1. The van der Waals surface area contributed by atoms with E-state index in [-0.39, 0.29) is 31.5 Å². The number of ether oxygens (including phenoxy) is 1. The largest absolute Gasteiger partial charge is 0.756 e. The van der Waals surface area contributed by atoms with Gasteiger partial charge in [0.1, 0.15) is 19.3 Å². The molecule has 0 radical (unpaired) electrons. The molecule has 84 heavy (non-hydrogen) atoms. The van der Waals surface area contributed by atoms with Gasteiger partial charge in [0.05, 0.1) is 33.8 Å². The van der Waals surface area contributed by atoms with Crippen LogP contribution in [0.15, 0.2) is 72.9 Å². The van der Waals surface area contributed by atoms with E-state index in [2.05, 4.69) is 86.8 Å². The van der Waals surface area contributed by atoms with E-state index in [1.54, 1.807) is 0 Å². The fraction of sp³-hybridized carbons (Fsp3) is 0.811. The normalized spacial score (nSPS) is 13.9. The van der Waals surface area contributed by atoms with E-state index in [9.17, 15) is 19.0 Å². The van der Waals surface area contributed by atoms with Crippen LogP contribution in [0.4, 0.5) is 0 Å². The lowest BCUT2D eigenvalue weighted by atomic mass is 10.0. The van der Waals surface area contributed by atoms with Gasteiger partial charge in [-0.25, -0.2) is 0 Å². The number of allylic oxidation sites excluding steroid dienone is 11. The van der Waals surface area contributed by atoms with E-state index in [4.69, 9.17) is 13.8 Å². The monoisotopic (exact) mass is 1200 g/mol. The van der Waals surface area contributed by atoms with Crippen LogP contribution in [-0.4, -0.2) is 69.4 Å². The first-order chi connectivity index (χ1) is 40.9. The Kier molecular flexibility index (Phi) is 61.5. The van der Waals surface area contributed by atoms with Crippen molar-refractivity contribution in [2.75, 3.05) is 40.9 Å². The zero-order valence-corrected chi connectivity index (χ0v) is 57.0. The summed E-state index contributed by atoms with van der Waals surface area (Å²) in [5.74, 6) is -0.535. The van der Waals surface area contributed by atoms with E-state index in [1.807, 2.05) is 33.3 Å². The average Bonchev–Trinajstić information content (AvgIpc) is 3.64. The standard InChI is InChI=1S/C74H137N2O7P/c1-7-10-13-16-19-22-25-28-30-32-34-36-37-38-39-41-43-45-47-49-52-55-58-61-64-67-74(78)83-72(65-62-59-56-53-50-27-24-21-18-15-12-9-3)71(70-82-84(79,80)81-69-68-76(4,5)6)75-73(77)66-63-60-57-54-51-48-46-44-42-40-35-33-31-29-26-23-20-17-14-11-8-2/h10,13,19,22,28,30,34,36,38-39,62,65,71-72H,7-9,11-12,14-18,20-21,23-27,29,31-33,35,37,40-61,63-64,66-70H2,1-6H3,(H-,75,77,79,80)/b13-10-,22-19-,30-28-,36-34-,39-38-,65-62+. The number of quaternary nitrogens is 1. The molecule has 0 rings (SSSR count). The summed E-state index contributed by atoms with van der Waals surface area (Å²) in [6, 6.07) is -0.892. The predicted octanol–water partition coefficient (Wildman–Crippen LogP) is 22.1. The number of carbonyl (C=O) groups is 2. The smallest absolute Gasteiger partial charge is 0.306 e. The Morgan fingerprint density at radius 2 is 0.762 bits per heavy atom. The maximum atomic E-state index is 13.6. The number of hydrogen-bond donors (Lipinski definition) is 1. The van der Waals surface area contributed by atoms with Crippen molar-refractivity contribution in [1.82, 2.24) is 5.32 Å². The quantitative estimate of drug-likeness (QED) is 0.0212. The summed E-state index contributed by atoms with van der Waals surface area (Å²) in [6.07, 6.45) is 83.1. The lowest BCUT2D eigenvalue weighted by Crippen LogP contribution is -2.47. The molecule has 0 aromatic heterocycles. The SMILES string of the molecule is CC/C=C\C/C=C\C/C=C\C/C=C\C/C=C\CCCCCCCCCCCC(=O)OC(/C=C/CCCCCCCCCCCC)C(COP(=O)([O-])OCC[N+](C)(C)C)NC(=O)CCCCCCCCCCCCCCCCCCCCCCC. The number of carbonyl (C=O) groups excluding carboxylic acids is 2. The van der Waals surface area contributed by atoms with Crippen molar-refractivity contribution in [2.24, 2.45) is 0 Å². The number of esters is 1. The lowest BCUT2D eigenvalue weighted by molar-refractivity contribution is -0.870. The summed E-state index contributed by atoms with van der Waals surface area (Å²) in [5, 5.41) is 3.05. The number of unbranched alkanes of at least 4 members (excludes halogenated alkanes) is 39. The number of amides is 1. The summed E-state index contributed by atoms with van der Waals surface area (Å²) in [7, 11) is 1.19. The Labute approximate surface area is 521 Å². The van der Waals surface area contributed by atoms with Gasteiger partial charge in [0, 0.05) is 12.8 Å². The van der Waals surface area contributed by atoms with Crippen LogP contribution in [0.1, 0.15) is 335 Å². The predicted molar refractivity (Wildman–Crippen MR) is 362 cm³/mol. The minimum atomic E-state index is -4.71. The fourth-order valence-corrected chi connectivity index (χ4v) is 11.2. The third-order valence-electron chi connectivity index (χ3n) is 15.9. The molecule has 0 aliphatic heterocycles. The summed E-state index contributed by atoms with van der Waals surface area (Å²) in [4.78, 5) is 40.2. The van der Waals surface area contributed by atoms with Gasteiger partial charge in [-0.2, -0.15) is 0 Å². The first-order valence-corrected chi connectivity index (χ1v) is 37.2. The van der Waals surface area contributed by atoms with Crippen LogP contribution in [0, 0.1) is 0 Å². The molecule has 490 valence electrons. The van der Waals surface area contributed by atoms with E-state index in [0.29, 0.717) is 17.4 Å². The second-order valence-corrected chi connectivity index (χ2v) is 26.8. The number of phosphoric acid groups is 1. The molecule has 1 amide bonds. The van der Waals surface area contributed by atoms with Gasteiger partial charge >= 0.3 is 5.97 Å². The molecular formula is C74H137N2O7P. The molecule has 0 saturated carbocycles. The van der Waals surface area contributed by atoms with Crippen LogP contribution in [-0.2, 0) is 27.9 Å². The van der Waals surface area contributed by atoms with Crippen LogP contribution in [0.2, 0.25) is 0 Å². The summed E-state index contributed by atoms with van der Waals surface area (Å²) >= 11 is 0. The molecule has 3 unspecified atom stereocenters. The first kappa shape index (κ1) is 81.5. The molecule has 0 aliphatic rings. The van der Waals surface area contributed by atoms with Crippen LogP contribution < -0.4 is 10.2 Å². The van der Waals surface area contributed by atoms with Gasteiger partial charge in [-0.1, -0.05) is 319 Å². The Bertz CT molecular complexity index is 1670. The van der Waals surface area contributed by atoms with Crippen molar-refractivity contribution in [3.05, 3.63) is 72.9 Å². The van der Waals surface area contributed by atoms with Gasteiger partial charge in [-0.3, -0.25) is 14.2 Å². The molecule has 0 heterocycles. The molecule has 0 saturated heterocycles. The molecule has 10 heteroatoms. The molecule has 0 bridgehead atoms. The van der Waals surface area contributed by atoms with Crippen molar-refractivity contribution in [3.63, 3.8) is 0 Å². The number of hydrogen-bond acceptors (Lipinski definition) is 7. The second-order valence-electron chi connectivity index (χ2n) is 25.4. The summed E-state index contributed by atoms with van der Waals surface area (Å²) in [5.41, 5.74) is 0. The zero-order valence-electron chi connectivity index (χ0n) is 56.1. The number of rotatable bonds is 65. The molecule has 1 N–H and O–H groups in total. The van der Waals surface area contributed by atoms with Gasteiger partial charge in [-0.15, -0.1) is 0 Å². The third-order valence-corrected chi connectivity index (χ3v) is 16.9. The van der Waals surface area contributed by atoms with Crippen molar-refractivity contribution in [1.29, 1.82) is 0 Å². The highest BCUT2D eigenvalue weighted by molar-refractivity contribution is 7.45. The molecule has 9 nitrogen and oxygen atoms in total. The van der Waals surface area contributed by atoms with Crippen molar-refractivity contribution < 1.29 is 37.3 Å². The van der Waals surface area contributed by atoms with Crippen LogP contribution in [0.5, 0.6) is 0 Å². The molecule has 3 atom stereocenters. The fourth-order valence-electron chi connectivity index (χ4n) is 10.4. The lowest BCUT2D eigenvalue weighted by Gasteiger charge is -2.30. The van der Waals surface area contributed by atoms with Crippen molar-refractivity contribution in [2.45, 2.75) is 348 Å². The first-order valence-electron chi connectivity index (χ1n) is 35.7. The number of likely N-dealkylation sites (N-methyl/N-ethyl adjacent to an activating group) is 1. The Morgan fingerprint density at radius 1 is 0.429 bits per heavy atom. The molecule has 0 aromatic carbocycles. The highest BCUT2D eigenvalue weighted by atomic mass is 31.2. The van der Waals surface area contributed by atoms with Crippen LogP contribution in [0.3, 0.4) is 0 Å². The van der Waals surface area contributed by atoms with Crippen molar-refractivity contribution in [3.8, 4) is 0 Å². The molecule has 0 aliphatic carbocycles. The van der Waals surface area contributed by atoms with Crippen LogP contribution >= 0.6 is 7.82 Å². The van der Waals surface area contributed by atoms with E-state index < -0.39 is 20.0 Å². The van der Waals surface area contributed by atoms with Crippen LogP contribution in [0.25, 0.3) is 0 Å². The number of phosphoric ester groups is 1. The van der Waals surface area contributed by atoms with Gasteiger partial charge < -0.3 is 28.5 Å². The van der Waals surface area contributed by atoms with Gasteiger partial charge in [-0.05, 0) is 76.7 Å². The molecule has 0 spiro atoms. The van der Waals surface area contributed by atoms with E-state index in [1.165, 1.54) is 199 Å². The molecular weight excluding hydrogens is 1060 g/mol. The summed E-state index contributed by atoms with van der Waals surface area (Å²) < 4.78 is 30.5. The van der Waals surface area contributed by atoms with Gasteiger partial charge in [0.25, 0.3) is 7.82 Å². The second kappa shape index (κ2) is 63.5. The molecule has 0 fully saturated rings. The van der Waals surface area contributed by atoms with Crippen molar-refractivity contribution >= 4 is 19.7 Å².